The minimum absolute atomic E-state index is 0. The van der Waals surface area contributed by atoms with E-state index in [0.717, 1.165) is 19.4 Å². The summed E-state index contributed by atoms with van der Waals surface area (Å²) in [5.41, 5.74) is 0. The number of carbonyl (C=O) groups excluding carboxylic acids is 1. The second-order valence-corrected chi connectivity index (χ2v) is 4.38. The maximum Gasteiger partial charge on any atom is 0.239 e. The minimum Gasteiger partial charge on any atom is -0.382 e. The fourth-order valence-corrected chi connectivity index (χ4v) is 2.32. The topological polar surface area (TPSA) is 50.8 Å². The Labute approximate surface area is 108 Å². The van der Waals surface area contributed by atoms with Crippen LogP contribution in [0.3, 0.4) is 0 Å². The van der Waals surface area contributed by atoms with Crippen molar-refractivity contribution in [1.29, 1.82) is 0 Å². The summed E-state index contributed by atoms with van der Waals surface area (Å²) in [5.74, 6) is 0.224. The molecule has 100 valence electrons. The van der Waals surface area contributed by atoms with E-state index in [1.165, 1.54) is 0 Å². The Morgan fingerprint density at radius 1 is 1.59 bits per heavy atom. The number of hydrogen-bond donors (Lipinski definition) is 1. The van der Waals surface area contributed by atoms with Gasteiger partial charge in [0, 0.05) is 20.2 Å². The predicted molar refractivity (Wildman–Crippen MR) is 66.5 cm³/mol. The van der Waals surface area contributed by atoms with Crippen molar-refractivity contribution in [3.8, 4) is 0 Å². The number of methoxy groups -OCH3 is 1. The van der Waals surface area contributed by atoms with E-state index >= 15 is 0 Å². The lowest BCUT2D eigenvalue weighted by Gasteiger charge is -2.34. The van der Waals surface area contributed by atoms with Crippen molar-refractivity contribution in [2.75, 3.05) is 40.0 Å². The zero-order chi connectivity index (χ0) is 11.4. The number of nitrogens with zero attached hydrogens (tertiary/aromatic N) is 1. The summed E-state index contributed by atoms with van der Waals surface area (Å²) >= 11 is 0. The van der Waals surface area contributed by atoms with Crippen LogP contribution in [0.5, 0.6) is 0 Å². The van der Waals surface area contributed by atoms with Gasteiger partial charge in [-0.05, 0) is 19.4 Å². The van der Waals surface area contributed by atoms with Crippen LogP contribution in [0.25, 0.3) is 0 Å². The number of amides is 1. The highest BCUT2D eigenvalue weighted by atomic mass is 35.5. The van der Waals surface area contributed by atoms with Crippen molar-refractivity contribution in [2.45, 2.75) is 25.0 Å². The highest BCUT2D eigenvalue weighted by Crippen LogP contribution is 2.12. The van der Waals surface area contributed by atoms with Gasteiger partial charge in [0.15, 0.2) is 0 Å². The molecule has 1 amide bonds. The van der Waals surface area contributed by atoms with Crippen LogP contribution >= 0.6 is 12.4 Å². The molecule has 0 bridgehead atoms. The molecule has 2 aliphatic rings. The predicted octanol–water partition coefficient (Wildman–Crippen LogP) is 0.0340. The molecule has 0 aromatic heterocycles. The van der Waals surface area contributed by atoms with Crippen molar-refractivity contribution in [1.82, 2.24) is 10.2 Å². The van der Waals surface area contributed by atoms with Crippen LogP contribution in [0.2, 0.25) is 0 Å². The van der Waals surface area contributed by atoms with E-state index < -0.39 is 0 Å². The first-order valence-corrected chi connectivity index (χ1v) is 5.94. The molecule has 6 heteroatoms. The SMILES string of the molecule is COCC1CN(C(=O)C2CCCN2)CCO1.Cl. The number of rotatable bonds is 3. The van der Waals surface area contributed by atoms with Crippen LogP contribution in [-0.4, -0.2) is 62.9 Å². The standard InChI is InChI=1S/C11H20N2O3.ClH/c1-15-8-9-7-13(5-6-16-9)11(14)10-3-2-4-12-10;/h9-10,12H,2-8H2,1H3;1H. The summed E-state index contributed by atoms with van der Waals surface area (Å²) in [6, 6.07) is 0.0290. The van der Waals surface area contributed by atoms with Gasteiger partial charge < -0.3 is 19.7 Å². The number of morpholine rings is 1. The van der Waals surface area contributed by atoms with Gasteiger partial charge in [0.05, 0.1) is 25.4 Å². The van der Waals surface area contributed by atoms with Gasteiger partial charge in [0.2, 0.25) is 5.91 Å². The maximum absolute atomic E-state index is 12.1. The summed E-state index contributed by atoms with van der Waals surface area (Å²) in [6.07, 6.45) is 2.09. The Morgan fingerprint density at radius 2 is 2.41 bits per heavy atom. The first-order chi connectivity index (χ1) is 7.81. The minimum atomic E-state index is 0. The van der Waals surface area contributed by atoms with E-state index in [4.69, 9.17) is 9.47 Å². The number of hydrogen-bond acceptors (Lipinski definition) is 4. The summed E-state index contributed by atoms with van der Waals surface area (Å²) in [4.78, 5) is 14.0. The Balaban J connectivity index is 0.00000144. The fourth-order valence-electron chi connectivity index (χ4n) is 2.32. The third-order valence-corrected chi connectivity index (χ3v) is 3.16. The molecule has 0 saturated carbocycles. The smallest absolute Gasteiger partial charge is 0.239 e. The van der Waals surface area contributed by atoms with Crippen molar-refractivity contribution in [2.24, 2.45) is 0 Å². The average Bonchev–Trinajstić information content (AvgIpc) is 2.82. The monoisotopic (exact) mass is 264 g/mol. The quantitative estimate of drug-likeness (QED) is 0.782. The highest BCUT2D eigenvalue weighted by molar-refractivity contribution is 5.85. The first kappa shape index (κ1) is 14.7. The van der Waals surface area contributed by atoms with E-state index in [0.29, 0.717) is 26.3 Å². The van der Waals surface area contributed by atoms with Gasteiger partial charge in [-0.3, -0.25) is 4.79 Å². The third kappa shape index (κ3) is 3.81. The molecule has 0 spiro atoms. The average molecular weight is 265 g/mol. The second-order valence-electron chi connectivity index (χ2n) is 4.38. The Morgan fingerprint density at radius 3 is 3.06 bits per heavy atom. The molecule has 0 aromatic carbocycles. The van der Waals surface area contributed by atoms with Gasteiger partial charge in [-0.25, -0.2) is 0 Å². The van der Waals surface area contributed by atoms with Gasteiger partial charge in [0.25, 0.3) is 0 Å². The van der Waals surface area contributed by atoms with Gasteiger partial charge in [-0.1, -0.05) is 0 Å². The summed E-state index contributed by atoms with van der Waals surface area (Å²) in [5, 5.41) is 3.24. The molecule has 17 heavy (non-hydrogen) atoms. The van der Waals surface area contributed by atoms with Crippen LogP contribution in [0.4, 0.5) is 0 Å². The van der Waals surface area contributed by atoms with Crippen molar-refractivity contribution in [3.05, 3.63) is 0 Å². The van der Waals surface area contributed by atoms with Crippen molar-refractivity contribution >= 4 is 18.3 Å². The molecule has 0 aliphatic carbocycles. The second kappa shape index (κ2) is 7.16. The van der Waals surface area contributed by atoms with Crippen LogP contribution in [0, 0.1) is 0 Å². The molecule has 5 nitrogen and oxygen atoms in total. The van der Waals surface area contributed by atoms with Crippen molar-refractivity contribution < 1.29 is 14.3 Å². The molecular formula is C11H21ClN2O3. The van der Waals surface area contributed by atoms with Gasteiger partial charge in [-0.2, -0.15) is 0 Å². The largest absolute Gasteiger partial charge is 0.382 e. The molecule has 0 aromatic rings. The lowest BCUT2D eigenvalue weighted by Crippen LogP contribution is -2.52. The Bertz CT molecular complexity index is 245. The number of nitrogens with one attached hydrogen (secondary N) is 1. The number of ether oxygens (including phenoxy) is 2. The maximum atomic E-state index is 12.1. The molecule has 2 saturated heterocycles. The fraction of sp³-hybridized carbons (Fsp3) is 0.909. The molecule has 2 aliphatic heterocycles. The third-order valence-electron chi connectivity index (χ3n) is 3.16. The summed E-state index contributed by atoms with van der Waals surface area (Å²) in [6.45, 7) is 3.50. The van der Waals surface area contributed by atoms with E-state index in [9.17, 15) is 4.79 Å². The Kier molecular flexibility index (Phi) is 6.19. The van der Waals surface area contributed by atoms with Crippen molar-refractivity contribution in [3.63, 3.8) is 0 Å². The molecule has 2 fully saturated rings. The normalized spacial score (nSPS) is 28.9. The zero-order valence-electron chi connectivity index (χ0n) is 10.2. The van der Waals surface area contributed by atoms with Gasteiger partial charge >= 0.3 is 0 Å². The number of halogens is 1. The molecular weight excluding hydrogens is 244 g/mol. The number of carbonyl (C=O) groups is 1. The highest BCUT2D eigenvalue weighted by Gasteiger charge is 2.30. The van der Waals surface area contributed by atoms with E-state index in [1.54, 1.807) is 7.11 Å². The van der Waals surface area contributed by atoms with Crippen LogP contribution < -0.4 is 5.32 Å². The Hall–Kier alpha value is -0.360. The molecule has 0 radical (unpaired) electrons. The molecule has 1 N–H and O–H groups in total. The van der Waals surface area contributed by atoms with Gasteiger partial charge in [-0.15, -0.1) is 12.4 Å². The summed E-state index contributed by atoms with van der Waals surface area (Å²) in [7, 11) is 1.66. The van der Waals surface area contributed by atoms with E-state index in [-0.39, 0.29) is 30.5 Å². The van der Waals surface area contributed by atoms with Gasteiger partial charge in [0.1, 0.15) is 0 Å². The first-order valence-electron chi connectivity index (χ1n) is 5.94. The molecule has 2 atom stereocenters. The molecule has 2 heterocycles. The van der Waals surface area contributed by atoms with Crippen LogP contribution in [-0.2, 0) is 14.3 Å². The van der Waals surface area contributed by atoms with E-state index in [2.05, 4.69) is 5.32 Å². The molecule has 2 unspecified atom stereocenters. The van der Waals surface area contributed by atoms with Crippen LogP contribution in [0.1, 0.15) is 12.8 Å². The lowest BCUT2D eigenvalue weighted by atomic mass is 10.2. The lowest BCUT2D eigenvalue weighted by molar-refractivity contribution is -0.142. The summed E-state index contributed by atoms with van der Waals surface area (Å²) < 4.78 is 10.6. The zero-order valence-corrected chi connectivity index (χ0v) is 11.0. The molecule has 2 rings (SSSR count). The van der Waals surface area contributed by atoms with Crippen LogP contribution in [0.15, 0.2) is 0 Å². The van der Waals surface area contributed by atoms with E-state index in [1.807, 2.05) is 4.90 Å².